The number of hydrogen-bond donors (Lipinski definition) is 2. The summed E-state index contributed by atoms with van der Waals surface area (Å²) in [7, 11) is -1.92. The SMILES string of the molecule is CN(CC1CCN(C(=O)CCO)CC1)S(=O)(=O)N1CCN(c2ncnc3[nH]ccc23)CC12CC2. The highest BCUT2D eigenvalue weighted by Crippen LogP contribution is 2.47. The van der Waals surface area contributed by atoms with Gasteiger partial charge in [-0.05, 0) is 37.7 Å². The summed E-state index contributed by atoms with van der Waals surface area (Å²) in [5.74, 6) is 1.04. The number of amides is 1. The number of aliphatic hydroxyl groups excluding tert-OH is 1. The predicted molar refractivity (Wildman–Crippen MR) is 127 cm³/mol. The van der Waals surface area contributed by atoms with Crippen LogP contribution in [0.5, 0.6) is 0 Å². The van der Waals surface area contributed by atoms with Crippen molar-refractivity contribution in [1.82, 2.24) is 28.5 Å². The Morgan fingerprint density at radius 3 is 2.71 bits per heavy atom. The van der Waals surface area contributed by atoms with Crippen LogP contribution in [0.25, 0.3) is 11.0 Å². The van der Waals surface area contributed by atoms with Gasteiger partial charge in [0.1, 0.15) is 17.8 Å². The Morgan fingerprint density at radius 1 is 1.24 bits per heavy atom. The van der Waals surface area contributed by atoms with Crippen LogP contribution in [0, 0.1) is 5.92 Å². The van der Waals surface area contributed by atoms with Crippen molar-refractivity contribution in [3.63, 3.8) is 0 Å². The van der Waals surface area contributed by atoms with E-state index in [1.165, 1.54) is 4.31 Å². The first-order valence-electron chi connectivity index (χ1n) is 12.0. The lowest BCUT2D eigenvalue weighted by Crippen LogP contribution is -2.60. The number of anilines is 1. The van der Waals surface area contributed by atoms with Gasteiger partial charge in [-0.25, -0.2) is 9.97 Å². The molecule has 2 aromatic heterocycles. The molecule has 186 valence electrons. The van der Waals surface area contributed by atoms with Crippen molar-refractivity contribution >= 4 is 33.0 Å². The number of piperazine rings is 1. The number of carbonyl (C=O) groups excluding carboxylic acids is 1. The minimum Gasteiger partial charge on any atom is -0.396 e. The van der Waals surface area contributed by atoms with Crippen molar-refractivity contribution in [2.45, 2.75) is 37.6 Å². The quantitative estimate of drug-likeness (QED) is 0.575. The molecule has 4 heterocycles. The first kappa shape index (κ1) is 23.5. The van der Waals surface area contributed by atoms with E-state index in [-0.39, 0.29) is 30.4 Å². The average Bonchev–Trinajstić information content (AvgIpc) is 3.40. The number of aromatic nitrogens is 3. The van der Waals surface area contributed by atoms with Gasteiger partial charge >= 0.3 is 0 Å². The molecule has 1 aliphatic carbocycles. The minimum atomic E-state index is -3.59. The minimum absolute atomic E-state index is 0.0314. The molecule has 5 rings (SSSR count). The number of nitrogens with one attached hydrogen (secondary N) is 1. The van der Waals surface area contributed by atoms with E-state index >= 15 is 0 Å². The van der Waals surface area contributed by atoms with Crippen molar-refractivity contribution in [3.05, 3.63) is 18.6 Å². The maximum absolute atomic E-state index is 13.6. The summed E-state index contributed by atoms with van der Waals surface area (Å²) in [5, 5.41) is 9.93. The molecule has 0 bridgehead atoms. The second-order valence-electron chi connectivity index (χ2n) is 9.74. The number of likely N-dealkylation sites (tertiary alicyclic amines) is 1. The lowest BCUT2D eigenvalue weighted by molar-refractivity contribution is -0.133. The molecule has 0 aromatic carbocycles. The third-order valence-corrected chi connectivity index (χ3v) is 9.59. The molecule has 0 radical (unpaired) electrons. The standard InChI is InChI=1S/C22H33N7O4S/c1-26(14-17-3-9-27(10-4-17)19(31)5-13-30)34(32,33)29-12-11-28(15-22(29)6-7-22)21-18-2-8-23-20(18)24-16-25-21/h2,8,16-17,30H,3-7,9-15H2,1H3,(H,23,24,25). The van der Waals surface area contributed by atoms with E-state index in [1.807, 2.05) is 12.3 Å². The summed E-state index contributed by atoms with van der Waals surface area (Å²) in [6.07, 6.45) is 6.79. The lowest BCUT2D eigenvalue weighted by Gasteiger charge is -2.43. The number of fused-ring (bicyclic) bond motifs is 1. The fourth-order valence-corrected chi connectivity index (χ4v) is 7.19. The third kappa shape index (κ3) is 4.28. The smallest absolute Gasteiger partial charge is 0.282 e. The third-order valence-electron chi connectivity index (χ3n) is 7.53. The molecule has 0 atom stereocenters. The van der Waals surface area contributed by atoms with Gasteiger partial charge in [0.2, 0.25) is 5.91 Å². The molecular formula is C22H33N7O4S. The van der Waals surface area contributed by atoms with Gasteiger partial charge in [-0.1, -0.05) is 0 Å². The number of H-pyrrole nitrogens is 1. The fraction of sp³-hybridized carbons (Fsp3) is 0.682. The zero-order valence-corrected chi connectivity index (χ0v) is 20.4. The number of piperidine rings is 1. The summed E-state index contributed by atoms with van der Waals surface area (Å²) in [6, 6.07) is 1.96. The number of aliphatic hydroxyl groups is 1. The fourth-order valence-electron chi connectivity index (χ4n) is 5.41. The van der Waals surface area contributed by atoms with Crippen molar-refractivity contribution in [2.75, 3.05) is 57.8 Å². The summed E-state index contributed by atoms with van der Waals surface area (Å²) >= 11 is 0. The largest absolute Gasteiger partial charge is 0.396 e. The van der Waals surface area contributed by atoms with Crippen LogP contribution >= 0.6 is 0 Å². The zero-order chi connectivity index (χ0) is 23.9. The molecule has 2 aromatic rings. The molecule has 11 nitrogen and oxygen atoms in total. The molecule has 12 heteroatoms. The Bertz CT molecular complexity index is 1140. The molecule has 34 heavy (non-hydrogen) atoms. The Hall–Kier alpha value is -2.28. The molecule has 1 saturated carbocycles. The Labute approximate surface area is 199 Å². The van der Waals surface area contributed by atoms with E-state index in [2.05, 4.69) is 19.9 Å². The van der Waals surface area contributed by atoms with Crippen LogP contribution in [0.4, 0.5) is 5.82 Å². The normalized spacial score (nSPS) is 21.6. The van der Waals surface area contributed by atoms with E-state index in [4.69, 9.17) is 5.11 Å². The summed E-state index contributed by atoms with van der Waals surface area (Å²) in [5.41, 5.74) is 0.410. The summed E-state index contributed by atoms with van der Waals surface area (Å²) in [4.78, 5) is 27.8. The van der Waals surface area contributed by atoms with Crippen molar-refractivity contribution in [3.8, 4) is 0 Å². The number of nitrogens with zero attached hydrogens (tertiary/aromatic N) is 6. The summed E-state index contributed by atoms with van der Waals surface area (Å²) < 4.78 is 30.4. The van der Waals surface area contributed by atoms with Gasteiger partial charge in [0, 0.05) is 58.9 Å². The first-order valence-corrected chi connectivity index (χ1v) is 13.4. The van der Waals surface area contributed by atoms with Crippen LogP contribution in [-0.2, 0) is 15.0 Å². The molecule has 2 N–H and O–H groups in total. The first-order chi connectivity index (χ1) is 16.3. The molecule has 0 unspecified atom stereocenters. The second kappa shape index (κ2) is 9.06. The van der Waals surface area contributed by atoms with Gasteiger partial charge in [-0.3, -0.25) is 4.79 Å². The number of hydrogen-bond acceptors (Lipinski definition) is 7. The number of rotatable bonds is 7. The van der Waals surface area contributed by atoms with Gasteiger partial charge in [0.15, 0.2) is 0 Å². The molecule has 2 aliphatic heterocycles. The Kier molecular flexibility index (Phi) is 6.25. The van der Waals surface area contributed by atoms with Crippen molar-refractivity contribution in [2.24, 2.45) is 5.92 Å². The number of aromatic amines is 1. The zero-order valence-electron chi connectivity index (χ0n) is 19.6. The van der Waals surface area contributed by atoms with Crippen LogP contribution in [0.3, 0.4) is 0 Å². The van der Waals surface area contributed by atoms with Gasteiger partial charge in [0.05, 0.1) is 17.5 Å². The van der Waals surface area contributed by atoms with E-state index < -0.39 is 10.2 Å². The van der Waals surface area contributed by atoms with E-state index in [0.29, 0.717) is 39.3 Å². The van der Waals surface area contributed by atoms with Gasteiger partial charge in [-0.2, -0.15) is 17.0 Å². The van der Waals surface area contributed by atoms with Crippen LogP contribution in [0.15, 0.2) is 18.6 Å². The van der Waals surface area contributed by atoms with Crippen molar-refractivity contribution in [1.29, 1.82) is 0 Å². The molecule has 3 aliphatic rings. The van der Waals surface area contributed by atoms with E-state index in [1.54, 1.807) is 22.6 Å². The highest BCUT2D eigenvalue weighted by Gasteiger charge is 2.56. The Morgan fingerprint density at radius 2 is 2.00 bits per heavy atom. The van der Waals surface area contributed by atoms with Crippen LogP contribution in [0.2, 0.25) is 0 Å². The van der Waals surface area contributed by atoms with Gasteiger partial charge in [-0.15, -0.1) is 0 Å². The average molecular weight is 492 g/mol. The maximum atomic E-state index is 13.6. The van der Waals surface area contributed by atoms with Crippen molar-refractivity contribution < 1.29 is 18.3 Å². The highest BCUT2D eigenvalue weighted by atomic mass is 32.2. The lowest BCUT2D eigenvalue weighted by atomic mass is 9.96. The van der Waals surface area contributed by atoms with E-state index in [9.17, 15) is 13.2 Å². The predicted octanol–water partition coefficient (Wildman–Crippen LogP) is 0.410. The molecular weight excluding hydrogens is 458 g/mol. The molecule has 1 spiro atoms. The van der Waals surface area contributed by atoms with Crippen LogP contribution in [0.1, 0.15) is 32.1 Å². The monoisotopic (exact) mass is 491 g/mol. The molecule has 2 saturated heterocycles. The topological polar surface area (TPSA) is 126 Å². The molecule has 1 amide bonds. The van der Waals surface area contributed by atoms with E-state index in [0.717, 1.165) is 42.5 Å². The Balaban J connectivity index is 1.23. The van der Waals surface area contributed by atoms with Gasteiger partial charge in [0.25, 0.3) is 10.2 Å². The number of carbonyl (C=O) groups is 1. The van der Waals surface area contributed by atoms with Crippen LogP contribution in [-0.4, -0.2) is 106 Å². The second-order valence-corrected chi connectivity index (χ2v) is 11.7. The molecule has 3 fully saturated rings. The summed E-state index contributed by atoms with van der Waals surface area (Å²) in [6.45, 7) is 3.19. The highest BCUT2D eigenvalue weighted by molar-refractivity contribution is 7.86. The van der Waals surface area contributed by atoms with Crippen LogP contribution < -0.4 is 4.90 Å². The van der Waals surface area contributed by atoms with Gasteiger partial charge < -0.3 is 19.9 Å². The maximum Gasteiger partial charge on any atom is 0.282 e.